The van der Waals surface area contributed by atoms with Crippen molar-refractivity contribution in [1.82, 2.24) is 9.78 Å². The van der Waals surface area contributed by atoms with Crippen LogP contribution in [0.5, 0.6) is 0 Å². The van der Waals surface area contributed by atoms with Crippen LogP contribution in [0.25, 0.3) is 11.3 Å². The smallest absolute Gasteiger partial charge is 0.452 e. The lowest BCUT2D eigenvalue weighted by molar-refractivity contribution is -0.0676. The van der Waals surface area contributed by atoms with Gasteiger partial charge in [0.05, 0.1) is 12.3 Å². The molecule has 0 aliphatic carbocycles. The fraction of sp³-hybridized carbons (Fsp3) is 0.519. The molecule has 0 amide bonds. The molecule has 7 heteroatoms. The van der Waals surface area contributed by atoms with E-state index < -0.39 is 12.4 Å². The van der Waals surface area contributed by atoms with Crippen LogP contribution in [0, 0.1) is 18.3 Å². The van der Waals surface area contributed by atoms with Gasteiger partial charge in [-0.2, -0.15) is 5.10 Å². The van der Waals surface area contributed by atoms with Crippen molar-refractivity contribution in [3.8, 4) is 0 Å². The first kappa shape index (κ1) is 27.2. The van der Waals surface area contributed by atoms with Crippen LogP contribution in [-0.2, 0) is 26.2 Å². The summed E-state index contributed by atoms with van der Waals surface area (Å²) in [7, 11) is 0. The quantitative estimate of drug-likeness (QED) is 0.184. The Kier molecular flexibility index (Phi) is 9.47. The van der Waals surface area contributed by atoms with E-state index in [1.54, 1.807) is 6.92 Å². The van der Waals surface area contributed by atoms with Crippen LogP contribution in [0.3, 0.4) is 0 Å². The number of aryl methyl sites for hydroxylation is 2. The number of aromatic nitrogens is 2. The van der Waals surface area contributed by atoms with Gasteiger partial charge >= 0.3 is 6.16 Å². The maximum atomic E-state index is 12.1. The van der Waals surface area contributed by atoms with E-state index in [2.05, 4.69) is 51.9 Å². The first-order valence-electron chi connectivity index (χ1n) is 11.9. The number of hydrogen-bond donors (Lipinski definition) is 1. The zero-order valence-corrected chi connectivity index (χ0v) is 21.8. The minimum Gasteiger partial charge on any atom is -0.452 e. The fourth-order valence-corrected chi connectivity index (χ4v) is 3.40. The molecule has 7 nitrogen and oxygen atoms in total. The highest BCUT2D eigenvalue weighted by Gasteiger charge is 2.22. The molecule has 1 atom stereocenters. The number of nitrogens with one attached hydrogen (secondary N) is 1. The van der Waals surface area contributed by atoms with Gasteiger partial charge in [-0.05, 0) is 48.8 Å². The Balaban J connectivity index is 2.41. The lowest BCUT2D eigenvalue weighted by atomic mass is 9.86. The summed E-state index contributed by atoms with van der Waals surface area (Å²) in [4.78, 5) is 12.1. The Bertz CT molecular complexity index is 998. The van der Waals surface area contributed by atoms with Crippen LogP contribution in [0.4, 0.5) is 4.79 Å². The maximum Gasteiger partial charge on any atom is 0.511 e. The molecule has 0 fully saturated rings. The predicted molar refractivity (Wildman–Crippen MR) is 136 cm³/mol. The van der Waals surface area contributed by atoms with Gasteiger partial charge in [0.25, 0.3) is 0 Å². The van der Waals surface area contributed by atoms with Crippen molar-refractivity contribution in [2.45, 2.75) is 80.1 Å². The zero-order chi connectivity index (χ0) is 25.5. The van der Waals surface area contributed by atoms with Gasteiger partial charge in [-0.1, -0.05) is 58.9 Å². The standard InChI is InChI=1S/C27H39N3O4/c1-9-30-24(16-19(4)29-30)25(33-20(5)34-26(31)32-15-14-18(2)3)23(17-28)21-10-12-22(13-11-21)27(6,7)8/h10-13,16-18,20,28H,9,14-15H2,1-8H3/b25-23-,28-17?. The van der Waals surface area contributed by atoms with Crippen molar-refractivity contribution < 1.29 is 19.0 Å². The van der Waals surface area contributed by atoms with E-state index in [9.17, 15) is 4.79 Å². The number of allylic oxidation sites excluding steroid dienone is 1. The van der Waals surface area contributed by atoms with E-state index in [0.717, 1.165) is 17.7 Å². The second kappa shape index (κ2) is 11.9. The molecule has 1 heterocycles. The molecule has 1 unspecified atom stereocenters. The molecule has 0 saturated heterocycles. The third-order valence-corrected chi connectivity index (χ3v) is 5.35. The second-order valence-electron chi connectivity index (χ2n) is 9.79. The molecule has 0 aliphatic rings. The molecule has 2 aromatic rings. The molecule has 1 aromatic carbocycles. The lowest BCUT2D eigenvalue weighted by Crippen LogP contribution is -2.20. The summed E-state index contributed by atoms with van der Waals surface area (Å²) in [5.74, 6) is 0.844. The van der Waals surface area contributed by atoms with Gasteiger partial charge in [0, 0.05) is 25.3 Å². The molecule has 1 N–H and O–H groups in total. The van der Waals surface area contributed by atoms with Crippen molar-refractivity contribution in [3.05, 3.63) is 52.8 Å². The average Bonchev–Trinajstić information content (AvgIpc) is 3.13. The van der Waals surface area contributed by atoms with Crippen LogP contribution < -0.4 is 0 Å². The molecule has 2 rings (SSSR count). The summed E-state index contributed by atoms with van der Waals surface area (Å²) >= 11 is 0. The summed E-state index contributed by atoms with van der Waals surface area (Å²) in [5.41, 5.74) is 4.14. The molecular formula is C27H39N3O4. The minimum absolute atomic E-state index is 0.0165. The van der Waals surface area contributed by atoms with Gasteiger partial charge in [0.1, 0.15) is 5.69 Å². The second-order valence-corrected chi connectivity index (χ2v) is 9.79. The predicted octanol–water partition coefficient (Wildman–Crippen LogP) is 6.59. The Morgan fingerprint density at radius 2 is 1.79 bits per heavy atom. The van der Waals surface area contributed by atoms with Gasteiger partial charge in [-0.3, -0.25) is 4.68 Å². The number of benzene rings is 1. The SMILES string of the molecule is CCn1nc(C)cc1/C(OC(C)OC(=O)OCCC(C)C)=C(\C=N)c1ccc(C(C)(C)C)cc1. The van der Waals surface area contributed by atoms with Gasteiger partial charge < -0.3 is 19.6 Å². The molecule has 0 saturated carbocycles. The van der Waals surface area contributed by atoms with Crippen molar-refractivity contribution in [3.63, 3.8) is 0 Å². The normalized spacial score (nSPS) is 13.3. The number of hydrogen-bond acceptors (Lipinski definition) is 6. The topological polar surface area (TPSA) is 86.4 Å². The largest absolute Gasteiger partial charge is 0.511 e. The van der Waals surface area contributed by atoms with E-state index in [-0.39, 0.29) is 5.41 Å². The lowest BCUT2D eigenvalue weighted by Gasteiger charge is -2.21. The monoisotopic (exact) mass is 469 g/mol. The zero-order valence-electron chi connectivity index (χ0n) is 21.8. The molecule has 186 valence electrons. The Hall–Kier alpha value is -3.09. The average molecular weight is 470 g/mol. The van der Waals surface area contributed by atoms with Crippen LogP contribution in [-0.4, -0.2) is 35.0 Å². The summed E-state index contributed by atoms with van der Waals surface area (Å²) in [5, 5.41) is 12.7. The van der Waals surface area contributed by atoms with Gasteiger partial charge in [0.15, 0.2) is 5.76 Å². The first-order chi connectivity index (χ1) is 16.0. The number of carbonyl (C=O) groups excluding carboxylic acids is 1. The third-order valence-electron chi connectivity index (χ3n) is 5.35. The van der Waals surface area contributed by atoms with E-state index >= 15 is 0 Å². The van der Waals surface area contributed by atoms with Crippen LogP contribution in [0.2, 0.25) is 0 Å². The molecule has 0 radical (unpaired) electrons. The number of ether oxygens (including phenoxy) is 3. The van der Waals surface area contributed by atoms with Crippen molar-refractivity contribution >= 4 is 23.7 Å². The maximum absolute atomic E-state index is 12.1. The first-order valence-corrected chi connectivity index (χ1v) is 11.9. The summed E-state index contributed by atoms with van der Waals surface area (Å²) in [6, 6.07) is 9.99. The minimum atomic E-state index is -0.925. The molecule has 0 spiro atoms. The number of nitrogens with zero attached hydrogens (tertiary/aromatic N) is 2. The van der Waals surface area contributed by atoms with E-state index in [1.807, 2.05) is 36.7 Å². The highest BCUT2D eigenvalue weighted by Crippen LogP contribution is 2.30. The van der Waals surface area contributed by atoms with Crippen LogP contribution in [0.1, 0.15) is 77.4 Å². The van der Waals surface area contributed by atoms with Gasteiger partial charge in [0.2, 0.25) is 6.29 Å². The third kappa shape index (κ3) is 7.47. The molecular weight excluding hydrogens is 430 g/mol. The Morgan fingerprint density at radius 1 is 1.15 bits per heavy atom. The molecule has 34 heavy (non-hydrogen) atoms. The van der Waals surface area contributed by atoms with Crippen molar-refractivity contribution in [2.75, 3.05) is 6.61 Å². The highest BCUT2D eigenvalue weighted by molar-refractivity contribution is 6.16. The fourth-order valence-electron chi connectivity index (χ4n) is 3.40. The Labute approximate surface area is 203 Å². The van der Waals surface area contributed by atoms with Gasteiger partial charge in [-0.25, -0.2) is 4.79 Å². The van der Waals surface area contributed by atoms with Crippen molar-refractivity contribution in [2.24, 2.45) is 5.92 Å². The summed E-state index contributed by atoms with van der Waals surface area (Å²) in [6.45, 7) is 17.0. The molecule has 0 bridgehead atoms. The number of rotatable bonds is 10. The van der Waals surface area contributed by atoms with Crippen LogP contribution in [0.15, 0.2) is 30.3 Å². The molecule has 1 aromatic heterocycles. The van der Waals surface area contributed by atoms with Gasteiger partial charge in [-0.15, -0.1) is 0 Å². The summed E-state index contributed by atoms with van der Waals surface area (Å²) < 4.78 is 18.4. The van der Waals surface area contributed by atoms with E-state index in [4.69, 9.17) is 19.6 Å². The van der Waals surface area contributed by atoms with E-state index in [0.29, 0.717) is 36.1 Å². The Morgan fingerprint density at radius 3 is 2.32 bits per heavy atom. The number of carbonyl (C=O) groups is 1. The highest BCUT2D eigenvalue weighted by atomic mass is 16.8. The molecule has 0 aliphatic heterocycles. The van der Waals surface area contributed by atoms with Crippen molar-refractivity contribution in [1.29, 1.82) is 5.41 Å². The summed E-state index contributed by atoms with van der Waals surface area (Å²) in [6.07, 6.45) is 0.314. The van der Waals surface area contributed by atoms with Crippen LogP contribution >= 0.6 is 0 Å². The van der Waals surface area contributed by atoms with E-state index in [1.165, 1.54) is 11.8 Å².